The Balaban J connectivity index is 1.80. The van der Waals surface area contributed by atoms with Crippen LogP contribution >= 0.6 is 11.8 Å². The summed E-state index contributed by atoms with van der Waals surface area (Å²) < 4.78 is 41.1. The van der Waals surface area contributed by atoms with Gasteiger partial charge in [-0.3, -0.25) is 14.3 Å². The maximum atomic E-state index is 13.6. The van der Waals surface area contributed by atoms with E-state index in [-0.39, 0.29) is 23.3 Å². The van der Waals surface area contributed by atoms with Gasteiger partial charge in [-0.15, -0.1) is 11.0 Å². The number of halogens is 3. The molecule has 1 saturated carbocycles. The van der Waals surface area contributed by atoms with Crippen LogP contribution in [0.2, 0.25) is 0 Å². The van der Waals surface area contributed by atoms with Gasteiger partial charge in [-0.1, -0.05) is 36.9 Å². The Hall–Kier alpha value is -2.43. The van der Waals surface area contributed by atoms with Crippen molar-refractivity contribution in [3.05, 3.63) is 10.4 Å². The van der Waals surface area contributed by atoms with Crippen molar-refractivity contribution in [2.24, 2.45) is 7.05 Å². The minimum Gasteiger partial charge on any atom is -0.327 e. The van der Waals surface area contributed by atoms with Crippen LogP contribution in [0.1, 0.15) is 39.0 Å². The fourth-order valence-electron chi connectivity index (χ4n) is 4.57. The number of fused-ring (bicyclic) bond motifs is 1. The van der Waals surface area contributed by atoms with Gasteiger partial charge >= 0.3 is 12.1 Å². The van der Waals surface area contributed by atoms with E-state index >= 15 is 0 Å². The van der Waals surface area contributed by atoms with Crippen molar-refractivity contribution in [2.45, 2.75) is 61.9 Å². The third-order valence-corrected chi connectivity index (χ3v) is 7.71. The maximum absolute atomic E-state index is 13.6. The summed E-state index contributed by atoms with van der Waals surface area (Å²) in [7, 11) is 1.61. The zero-order valence-electron chi connectivity index (χ0n) is 19.7. The normalized spacial score (nSPS) is 21.5. The molecule has 1 aromatic heterocycles. The van der Waals surface area contributed by atoms with Gasteiger partial charge in [-0.2, -0.15) is 13.2 Å². The lowest BCUT2D eigenvalue weighted by molar-refractivity contribution is -0.203. The van der Waals surface area contributed by atoms with Gasteiger partial charge in [-0.25, -0.2) is 9.78 Å². The second-order valence-corrected chi connectivity index (χ2v) is 9.97. The number of piperazine rings is 1. The molecule has 9 nitrogen and oxygen atoms in total. The molecular weight excluding hydrogens is 485 g/mol. The maximum Gasteiger partial charge on any atom is 0.493 e. The second-order valence-electron chi connectivity index (χ2n) is 8.70. The molecule has 0 radical (unpaired) electrons. The Bertz CT molecular complexity index is 1060. The molecule has 192 valence electrons. The number of carbonyl (C=O) groups is 1. The quantitative estimate of drug-likeness (QED) is 0.469. The lowest BCUT2D eigenvalue weighted by Crippen LogP contribution is -2.61. The Labute approximate surface area is 205 Å². The first kappa shape index (κ1) is 25.7. The third-order valence-electron chi connectivity index (χ3n) is 6.33. The Morgan fingerprint density at radius 3 is 2.54 bits per heavy atom. The molecule has 1 saturated heterocycles. The van der Waals surface area contributed by atoms with Crippen LogP contribution < -0.4 is 20.8 Å². The molecule has 3 heterocycles. The lowest BCUT2D eigenvalue weighted by atomic mass is 10.0. The first-order valence-corrected chi connectivity index (χ1v) is 12.6. The topological polar surface area (TPSA) is 82.9 Å². The van der Waals surface area contributed by atoms with E-state index in [2.05, 4.69) is 22.1 Å². The van der Waals surface area contributed by atoms with E-state index in [0.29, 0.717) is 31.3 Å². The zero-order chi connectivity index (χ0) is 25.2. The van der Waals surface area contributed by atoms with Gasteiger partial charge in [0.15, 0.2) is 23.0 Å². The molecule has 2 aliphatic heterocycles. The van der Waals surface area contributed by atoms with Crippen molar-refractivity contribution in [1.29, 1.82) is 0 Å². The van der Waals surface area contributed by atoms with Crippen LogP contribution in [0.25, 0.3) is 0 Å². The minimum atomic E-state index is -5.20. The van der Waals surface area contributed by atoms with E-state index in [9.17, 15) is 22.8 Å². The molecule has 1 unspecified atom stereocenters. The number of nitrogens with zero attached hydrogens (tertiary/aromatic N) is 5. The molecule has 1 N–H and O–H groups in total. The average molecular weight is 515 g/mol. The highest BCUT2D eigenvalue weighted by Gasteiger charge is 2.50. The highest BCUT2D eigenvalue weighted by Crippen LogP contribution is 2.40. The summed E-state index contributed by atoms with van der Waals surface area (Å²) in [5.74, 6) is 3.20. The Morgan fingerprint density at radius 2 is 1.91 bits per heavy atom. The number of alkyl halides is 3. The van der Waals surface area contributed by atoms with E-state index in [1.54, 1.807) is 18.9 Å². The van der Waals surface area contributed by atoms with Crippen LogP contribution in [0.4, 0.5) is 24.7 Å². The van der Waals surface area contributed by atoms with Gasteiger partial charge in [0.25, 0.3) is 5.56 Å². The second kappa shape index (κ2) is 10.7. The van der Waals surface area contributed by atoms with Crippen molar-refractivity contribution in [1.82, 2.24) is 19.8 Å². The van der Waals surface area contributed by atoms with Gasteiger partial charge in [0.1, 0.15) is 0 Å². The molecule has 2 fully saturated rings. The standard InChI is InChI=1S/C22H29F3N6O3S/c1-3-4-12-30-16-17(27-20(28(2)18(16)32)35-15-8-6-5-7-9-15)31(34-19(33)22(23,24)25)21(30)29-13-10-26-11-14-29/h15,21,26H,5-14H2,1-2H3. The van der Waals surface area contributed by atoms with E-state index in [4.69, 9.17) is 4.84 Å². The number of aromatic nitrogens is 2. The van der Waals surface area contributed by atoms with Crippen molar-refractivity contribution in [2.75, 3.05) is 42.7 Å². The molecule has 1 atom stereocenters. The largest absolute Gasteiger partial charge is 0.493 e. The van der Waals surface area contributed by atoms with E-state index in [1.165, 1.54) is 16.3 Å². The van der Waals surface area contributed by atoms with E-state index in [0.717, 1.165) is 37.2 Å². The number of hydrogen-bond acceptors (Lipinski definition) is 9. The summed E-state index contributed by atoms with van der Waals surface area (Å²) in [6.07, 6.45) is -0.896. The highest BCUT2D eigenvalue weighted by molar-refractivity contribution is 7.99. The van der Waals surface area contributed by atoms with Gasteiger partial charge < -0.3 is 15.1 Å². The number of rotatable bonds is 5. The summed E-state index contributed by atoms with van der Waals surface area (Å²) in [4.78, 5) is 38.5. The zero-order valence-corrected chi connectivity index (χ0v) is 20.5. The van der Waals surface area contributed by atoms with Gasteiger partial charge in [0.05, 0.1) is 6.54 Å². The predicted octanol–water partition coefficient (Wildman–Crippen LogP) is 2.06. The molecule has 0 aromatic carbocycles. The minimum absolute atomic E-state index is 0.0597. The summed E-state index contributed by atoms with van der Waals surface area (Å²) in [5, 5.41) is 4.69. The number of hydroxylamine groups is 1. The summed E-state index contributed by atoms with van der Waals surface area (Å²) >= 11 is 1.45. The molecule has 4 rings (SSSR count). The van der Waals surface area contributed by atoms with Crippen molar-refractivity contribution in [3.8, 4) is 11.8 Å². The van der Waals surface area contributed by atoms with Crippen molar-refractivity contribution >= 4 is 29.2 Å². The molecular formula is C22H29F3N6O3S. The molecule has 1 aromatic rings. The Morgan fingerprint density at radius 1 is 1.23 bits per heavy atom. The molecule has 0 spiro atoms. The van der Waals surface area contributed by atoms with Crippen LogP contribution in [0, 0.1) is 11.8 Å². The predicted molar refractivity (Wildman–Crippen MR) is 126 cm³/mol. The number of nitrogens with one attached hydrogen (secondary N) is 1. The molecule has 3 aliphatic rings. The summed E-state index contributed by atoms with van der Waals surface area (Å²) in [6, 6.07) is 0. The number of anilines is 2. The van der Waals surface area contributed by atoms with Crippen LogP contribution in [0.15, 0.2) is 9.95 Å². The molecule has 1 aliphatic carbocycles. The number of thioether (sulfide) groups is 1. The molecule has 35 heavy (non-hydrogen) atoms. The fraction of sp³-hybridized carbons (Fsp3) is 0.682. The van der Waals surface area contributed by atoms with Crippen LogP contribution in [-0.2, 0) is 16.7 Å². The first-order valence-electron chi connectivity index (χ1n) is 11.7. The van der Waals surface area contributed by atoms with E-state index in [1.807, 2.05) is 4.90 Å². The summed E-state index contributed by atoms with van der Waals surface area (Å²) in [6.45, 7) is 3.82. The SMILES string of the molecule is CC#CCN1c2c(nc(SC3CCCCC3)n(C)c2=O)N(OC(=O)C(F)(F)F)C1N1CCNCC1. The first-order chi connectivity index (χ1) is 16.7. The molecule has 0 bridgehead atoms. The summed E-state index contributed by atoms with van der Waals surface area (Å²) in [5.41, 5.74) is -0.348. The molecule has 0 amide bonds. The highest BCUT2D eigenvalue weighted by atomic mass is 32.2. The lowest BCUT2D eigenvalue weighted by Gasteiger charge is -2.40. The smallest absolute Gasteiger partial charge is 0.327 e. The fourth-order valence-corrected chi connectivity index (χ4v) is 5.82. The molecule has 13 heteroatoms. The van der Waals surface area contributed by atoms with Gasteiger partial charge in [-0.05, 0) is 19.8 Å². The van der Waals surface area contributed by atoms with Gasteiger partial charge in [0, 0.05) is 38.5 Å². The number of hydrogen-bond donors (Lipinski definition) is 1. The van der Waals surface area contributed by atoms with Crippen molar-refractivity contribution in [3.63, 3.8) is 0 Å². The third kappa shape index (κ3) is 5.39. The average Bonchev–Trinajstić information content (AvgIpc) is 3.14. The van der Waals surface area contributed by atoms with E-state index < -0.39 is 24.0 Å². The van der Waals surface area contributed by atoms with Crippen molar-refractivity contribution < 1.29 is 22.8 Å². The van der Waals surface area contributed by atoms with Crippen LogP contribution in [-0.4, -0.2) is 70.9 Å². The van der Waals surface area contributed by atoms with Crippen LogP contribution in [0.3, 0.4) is 0 Å². The number of carbonyl (C=O) groups excluding carboxylic acids is 1. The Kier molecular flexibility index (Phi) is 7.83. The van der Waals surface area contributed by atoms with Gasteiger partial charge in [0.2, 0.25) is 0 Å². The monoisotopic (exact) mass is 514 g/mol. The van der Waals surface area contributed by atoms with Crippen LogP contribution in [0.5, 0.6) is 0 Å².